The predicted molar refractivity (Wildman–Crippen MR) is 85.4 cm³/mol. The zero-order chi connectivity index (χ0) is 16.4. The number of aryl methyl sites for hydroxylation is 1. The third-order valence-electron chi connectivity index (χ3n) is 4.19. The van der Waals surface area contributed by atoms with E-state index in [1.807, 2.05) is 6.92 Å². The van der Waals surface area contributed by atoms with E-state index in [0.29, 0.717) is 11.6 Å². The van der Waals surface area contributed by atoms with E-state index in [1.165, 1.54) is 0 Å². The molecule has 0 spiro atoms. The molecule has 2 aromatic heterocycles. The van der Waals surface area contributed by atoms with Crippen LogP contribution in [0.2, 0.25) is 0 Å². The average molecular weight is 316 g/mol. The van der Waals surface area contributed by atoms with Crippen LogP contribution < -0.4 is 5.32 Å². The van der Waals surface area contributed by atoms with Gasteiger partial charge in [0.25, 0.3) is 0 Å². The van der Waals surface area contributed by atoms with Crippen molar-refractivity contribution in [2.24, 2.45) is 0 Å². The second-order valence-corrected chi connectivity index (χ2v) is 5.98. The van der Waals surface area contributed by atoms with Crippen LogP contribution in [-0.2, 0) is 0 Å². The summed E-state index contributed by atoms with van der Waals surface area (Å²) in [4.78, 5) is 22.6. The molecule has 1 saturated carbocycles. The van der Waals surface area contributed by atoms with Crippen molar-refractivity contribution in [3.8, 4) is 11.3 Å². The number of H-pyrrole nitrogens is 1. The molecule has 0 bridgehead atoms. The molecular weight excluding hydrogens is 296 g/mol. The van der Waals surface area contributed by atoms with E-state index in [9.17, 15) is 9.90 Å². The first-order valence-corrected chi connectivity index (χ1v) is 7.73. The molecule has 3 rings (SSSR count). The molecule has 0 radical (unpaired) electrons. The zero-order valence-electron chi connectivity index (χ0n) is 12.9. The first-order chi connectivity index (χ1) is 11.0. The van der Waals surface area contributed by atoms with E-state index < -0.39 is 5.97 Å². The van der Waals surface area contributed by atoms with Crippen LogP contribution in [0.1, 0.15) is 41.7 Å². The largest absolute Gasteiger partial charge is 0.477 e. The number of aromatic carboxylic acids is 1. The fraction of sp³-hybridized carbons (Fsp3) is 0.438. The zero-order valence-corrected chi connectivity index (χ0v) is 12.9. The maximum Gasteiger partial charge on any atom is 0.352 e. The van der Waals surface area contributed by atoms with Crippen molar-refractivity contribution in [2.75, 3.05) is 5.32 Å². The number of hydrogen-bond donors (Lipinski definition) is 4. The Morgan fingerprint density at radius 2 is 2.09 bits per heavy atom. The summed E-state index contributed by atoms with van der Waals surface area (Å²) < 4.78 is 0. The minimum Gasteiger partial charge on any atom is -0.477 e. The van der Waals surface area contributed by atoms with E-state index in [2.05, 4.69) is 20.3 Å². The monoisotopic (exact) mass is 316 g/mol. The molecule has 122 valence electrons. The van der Waals surface area contributed by atoms with Gasteiger partial charge in [0.2, 0.25) is 5.95 Å². The number of anilines is 1. The van der Waals surface area contributed by atoms with Crippen LogP contribution in [0.5, 0.6) is 0 Å². The number of aliphatic hydroxyl groups is 1. The average Bonchev–Trinajstić information content (AvgIpc) is 3.01. The van der Waals surface area contributed by atoms with Gasteiger partial charge in [-0.3, -0.25) is 0 Å². The van der Waals surface area contributed by atoms with Crippen molar-refractivity contribution in [3.05, 3.63) is 29.7 Å². The molecule has 2 heterocycles. The molecular formula is C16H20N4O3. The third-order valence-corrected chi connectivity index (χ3v) is 4.19. The lowest BCUT2D eigenvalue weighted by atomic mass is 9.93. The molecule has 23 heavy (non-hydrogen) atoms. The SMILES string of the molecule is Cc1cnc(NC2CCC(O)CC2)nc1-c1c[nH]c(C(=O)O)c1. The van der Waals surface area contributed by atoms with Gasteiger partial charge in [-0.25, -0.2) is 14.8 Å². The smallest absolute Gasteiger partial charge is 0.352 e. The van der Waals surface area contributed by atoms with E-state index in [1.54, 1.807) is 18.5 Å². The third kappa shape index (κ3) is 3.50. The molecule has 0 unspecified atom stereocenters. The maximum atomic E-state index is 11.0. The first kappa shape index (κ1) is 15.5. The number of nitrogens with one attached hydrogen (secondary N) is 2. The van der Waals surface area contributed by atoms with Crippen LogP contribution >= 0.6 is 0 Å². The highest BCUT2D eigenvalue weighted by atomic mass is 16.4. The van der Waals surface area contributed by atoms with Crippen LogP contribution in [0.4, 0.5) is 5.95 Å². The van der Waals surface area contributed by atoms with Gasteiger partial charge >= 0.3 is 5.97 Å². The van der Waals surface area contributed by atoms with Gasteiger partial charge in [0, 0.05) is 24.0 Å². The first-order valence-electron chi connectivity index (χ1n) is 7.73. The summed E-state index contributed by atoms with van der Waals surface area (Å²) in [5.41, 5.74) is 2.45. The fourth-order valence-electron chi connectivity index (χ4n) is 2.86. The summed E-state index contributed by atoms with van der Waals surface area (Å²) in [7, 11) is 0. The number of rotatable bonds is 4. The van der Waals surface area contributed by atoms with Crippen LogP contribution in [0.15, 0.2) is 18.5 Å². The van der Waals surface area contributed by atoms with E-state index in [0.717, 1.165) is 36.8 Å². The number of carboxylic acids is 1. The van der Waals surface area contributed by atoms with Crippen LogP contribution in [0.3, 0.4) is 0 Å². The Morgan fingerprint density at radius 3 is 2.74 bits per heavy atom. The molecule has 4 N–H and O–H groups in total. The molecule has 0 saturated heterocycles. The molecule has 2 aromatic rings. The number of aromatic amines is 1. The molecule has 1 fully saturated rings. The highest BCUT2D eigenvalue weighted by Crippen LogP contribution is 2.25. The van der Waals surface area contributed by atoms with E-state index in [4.69, 9.17) is 5.11 Å². The molecule has 1 aliphatic rings. The summed E-state index contributed by atoms with van der Waals surface area (Å²) >= 11 is 0. The highest BCUT2D eigenvalue weighted by Gasteiger charge is 2.20. The van der Waals surface area contributed by atoms with Gasteiger partial charge < -0.3 is 20.5 Å². The van der Waals surface area contributed by atoms with Crippen LogP contribution in [0, 0.1) is 6.92 Å². The molecule has 7 nitrogen and oxygen atoms in total. The molecule has 0 aliphatic heterocycles. The van der Waals surface area contributed by atoms with Gasteiger partial charge in [0.1, 0.15) is 5.69 Å². The molecule has 0 atom stereocenters. The summed E-state index contributed by atoms with van der Waals surface area (Å²) in [5, 5.41) is 21.9. The van der Waals surface area contributed by atoms with Crippen LogP contribution in [-0.4, -0.2) is 43.3 Å². The number of nitrogens with zero attached hydrogens (tertiary/aromatic N) is 2. The number of aliphatic hydroxyl groups excluding tert-OH is 1. The van der Waals surface area contributed by atoms with Gasteiger partial charge in [0.15, 0.2) is 0 Å². The molecule has 1 aliphatic carbocycles. The normalized spacial score (nSPS) is 21.1. The topological polar surface area (TPSA) is 111 Å². The Bertz CT molecular complexity index is 705. The fourth-order valence-corrected chi connectivity index (χ4v) is 2.86. The Kier molecular flexibility index (Phi) is 4.29. The van der Waals surface area contributed by atoms with Gasteiger partial charge in [-0.05, 0) is 44.2 Å². The minimum atomic E-state index is -0.998. The van der Waals surface area contributed by atoms with Gasteiger partial charge in [0.05, 0.1) is 11.8 Å². The maximum absolute atomic E-state index is 11.0. The molecule has 0 amide bonds. The van der Waals surface area contributed by atoms with Crippen molar-refractivity contribution >= 4 is 11.9 Å². The van der Waals surface area contributed by atoms with Crippen molar-refractivity contribution < 1.29 is 15.0 Å². The predicted octanol–water partition coefficient (Wildman–Crippen LogP) is 2.19. The van der Waals surface area contributed by atoms with Crippen molar-refractivity contribution in [1.29, 1.82) is 0 Å². The number of carbonyl (C=O) groups is 1. The quantitative estimate of drug-likeness (QED) is 0.688. The second kappa shape index (κ2) is 6.37. The summed E-state index contributed by atoms with van der Waals surface area (Å²) in [6.45, 7) is 1.89. The van der Waals surface area contributed by atoms with Gasteiger partial charge in [-0.15, -0.1) is 0 Å². The van der Waals surface area contributed by atoms with Gasteiger partial charge in [-0.2, -0.15) is 0 Å². The van der Waals surface area contributed by atoms with Crippen molar-refractivity contribution in [1.82, 2.24) is 15.0 Å². The lowest BCUT2D eigenvalue weighted by Crippen LogP contribution is -2.29. The Morgan fingerprint density at radius 1 is 1.35 bits per heavy atom. The summed E-state index contributed by atoms with van der Waals surface area (Å²) in [5.74, 6) is -0.466. The lowest BCUT2D eigenvalue weighted by molar-refractivity contribution is 0.0691. The standard InChI is InChI=1S/C16H20N4O3/c1-9-7-18-16(19-11-2-4-12(21)5-3-11)20-14(9)10-6-13(15(22)23)17-8-10/h6-8,11-12,17,21H,2-5H2,1H3,(H,22,23)(H,18,19,20). The Hall–Kier alpha value is -2.41. The van der Waals surface area contributed by atoms with E-state index in [-0.39, 0.29) is 17.8 Å². The van der Waals surface area contributed by atoms with Gasteiger partial charge in [-0.1, -0.05) is 0 Å². The minimum absolute atomic E-state index is 0.133. The highest BCUT2D eigenvalue weighted by molar-refractivity contribution is 5.87. The Labute approximate surface area is 133 Å². The molecule has 0 aromatic carbocycles. The molecule has 7 heteroatoms. The van der Waals surface area contributed by atoms with Crippen LogP contribution in [0.25, 0.3) is 11.3 Å². The second-order valence-electron chi connectivity index (χ2n) is 5.98. The number of aromatic nitrogens is 3. The number of carboxylic acid groups (broad SMARTS) is 1. The van der Waals surface area contributed by atoms with Crippen molar-refractivity contribution in [3.63, 3.8) is 0 Å². The van der Waals surface area contributed by atoms with Crippen molar-refractivity contribution in [2.45, 2.75) is 44.8 Å². The Balaban J connectivity index is 1.79. The lowest BCUT2D eigenvalue weighted by Gasteiger charge is -2.26. The number of hydrogen-bond acceptors (Lipinski definition) is 5. The van der Waals surface area contributed by atoms with E-state index >= 15 is 0 Å². The summed E-state index contributed by atoms with van der Waals surface area (Å²) in [6.07, 6.45) is 6.53. The summed E-state index contributed by atoms with van der Waals surface area (Å²) in [6, 6.07) is 1.83.